The summed E-state index contributed by atoms with van der Waals surface area (Å²) in [5.41, 5.74) is 1.73. The SMILES string of the molecule is CC(C)=CC1=CCC(=O)OC1O. The lowest BCUT2D eigenvalue weighted by Crippen LogP contribution is -2.23. The fraction of sp³-hybridized carbons (Fsp3) is 0.444. The van der Waals surface area contributed by atoms with Gasteiger partial charge in [0.05, 0.1) is 6.42 Å². The Morgan fingerprint density at radius 2 is 2.42 bits per heavy atom. The highest BCUT2D eigenvalue weighted by atomic mass is 16.6. The number of carbonyl (C=O) groups excluding carboxylic acids is 1. The van der Waals surface area contributed by atoms with E-state index in [4.69, 9.17) is 0 Å². The van der Waals surface area contributed by atoms with Gasteiger partial charge in [0, 0.05) is 5.57 Å². The first kappa shape index (κ1) is 9.00. The summed E-state index contributed by atoms with van der Waals surface area (Å²) in [5.74, 6) is -0.381. The van der Waals surface area contributed by atoms with Crippen molar-refractivity contribution in [3.63, 3.8) is 0 Å². The number of rotatable bonds is 1. The van der Waals surface area contributed by atoms with Crippen molar-refractivity contribution in [3.05, 3.63) is 23.3 Å². The highest BCUT2D eigenvalue weighted by Crippen LogP contribution is 2.15. The average Bonchev–Trinajstić information content (AvgIpc) is 1.94. The quantitative estimate of drug-likeness (QED) is 0.597. The molecule has 1 aliphatic heterocycles. The van der Waals surface area contributed by atoms with Gasteiger partial charge in [0.2, 0.25) is 6.29 Å². The molecule has 1 atom stereocenters. The van der Waals surface area contributed by atoms with E-state index in [0.29, 0.717) is 5.57 Å². The molecule has 0 spiro atoms. The van der Waals surface area contributed by atoms with E-state index in [1.807, 2.05) is 13.8 Å². The summed E-state index contributed by atoms with van der Waals surface area (Å²) in [6, 6.07) is 0. The zero-order valence-electron chi connectivity index (χ0n) is 7.20. The number of aliphatic hydroxyl groups is 1. The first-order valence-electron chi connectivity index (χ1n) is 3.82. The van der Waals surface area contributed by atoms with Crippen molar-refractivity contribution < 1.29 is 14.6 Å². The van der Waals surface area contributed by atoms with E-state index in [9.17, 15) is 9.90 Å². The molecule has 0 saturated carbocycles. The molecule has 0 radical (unpaired) electrons. The molecule has 12 heavy (non-hydrogen) atoms. The molecule has 3 nitrogen and oxygen atoms in total. The molecule has 0 aromatic heterocycles. The van der Waals surface area contributed by atoms with E-state index >= 15 is 0 Å². The number of cyclic esters (lactones) is 1. The highest BCUT2D eigenvalue weighted by molar-refractivity contribution is 5.73. The Balaban J connectivity index is 2.77. The van der Waals surface area contributed by atoms with Crippen molar-refractivity contribution in [3.8, 4) is 0 Å². The summed E-state index contributed by atoms with van der Waals surface area (Å²) in [4.78, 5) is 10.7. The zero-order chi connectivity index (χ0) is 9.14. The Labute approximate surface area is 71.3 Å². The number of allylic oxidation sites excluding steroid dienone is 1. The van der Waals surface area contributed by atoms with E-state index in [1.54, 1.807) is 12.2 Å². The lowest BCUT2D eigenvalue weighted by atomic mass is 10.1. The normalized spacial score (nSPS) is 22.8. The molecule has 1 unspecified atom stereocenters. The van der Waals surface area contributed by atoms with Crippen LogP contribution in [-0.2, 0) is 9.53 Å². The van der Waals surface area contributed by atoms with E-state index in [0.717, 1.165) is 5.57 Å². The topological polar surface area (TPSA) is 46.5 Å². The lowest BCUT2D eigenvalue weighted by Gasteiger charge is -2.17. The maximum Gasteiger partial charge on any atom is 0.312 e. The number of carbonyl (C=O) groups is 1. The molecule has 1 heterocycles. The van der Waals surface area contributed by atoms with Crippen molar-refractivity contribution >= 4 is 5.97 Å². The summed E-state index contributed by atoms with van der Waals surface area (Å²) in [6.07, 6.45) is 2.65. The van der Waals surface area contributed by atoms with E-state index in [2.05, 4.69) is 4.74 Å². The van der Waals surface area contributed by atoms with Crippen LogP contribution in [-0.4, -0.2) is 17.4 Å². The minimum absolute atomic E-state index is 0.246. The van der Waals surface area contributed by atoms with Crippen LogP contribution < -0.4 is 0 Å². The molecular formula is C9H12O3. The van der Waals surface area contributed by atoms with Crippen LogP contribution in [0.1, 0.15) is 20.3 Å². The van der Waals surface area contributed by atoms with Crippen LogP contribution in [0.2, 0.25) is 0 Å². The summed E-state index contributed by atoms with van der Waals surface area (Å²) >= 11 is 0. The largest absolute Gasteiger partial charge is 0.431 e. The standard InChI is InChI=1S/C9H12O3/c1-6(2)5-7-3-4-8(10)12-9(7)11/h3,5,9,11H,4H2,1-2H3. The van der Waals surface area contributed by atoms with Crippen LogP contribution in [0.15, 0.2) is 23.3 Å². The summed E-state index contributed by atoms with van der Waals surface area (Å²) in [7, 11) is 0. The van der Waals surface area contributed by atoms with Gasteiger partial charge in [-0.15, -0.1) is 0 Å². The molecule has 0 fully saturated rings. The predicted molar refractivity (Wildman–Crippen MR) is 44.2 cm³/mol. The average molecular weight is 168 g/mol. The molecular weight excluding hydrogens is 156 g/mol. The predicted octanol–water partition coefficient (Wildman–Crippen LogP) is 1.14. The number of esters is 1. The molecule has 66 valence electrons. The Morgan fingerprint density at radius 3 is 2.92 bits per heavy atom. The second-order valence-electron chi connectivity index (χ2n) is 2.97. The van der Waals surface area contributed by atoms with Crippen molar-refractivity contribution in [2.75, 3.05) is 0 Å². The molecule has 0 aliphatic carbocycles. The second-order valence-corrected chi connectivity index (χ2v) is 2.97. The second kappa shape index (κ2) is 3.54. The van der Waals surface area contributed by atoms with E-state index < -0.39 is 6.29 Å². The Morgan fingerprint density at radius 1 is 1.75 bits per heavy atom. The Bertz CT molecular complexity index is 246. The molecule has 3 heteroatoms. The smallest absolute Gasteiger partial charge is 0.312 e. The van der Waals surface area contributed by atoms with Crippen molar-refractivity contribution in [1.82, 2.24) is 0 Å². The van der Waals surface area contributed by atoms with Crippen LogP contribution in [0.4, 0.5) is 0 Å². The van der Waals surface area contributed by atoms with E-state index in [1.165, 1.54) is 0 Å². The van der Waals surface area contributed by atoms with Gasteiger partial charge in [0.15, 0.2) is 0 Å². The van der Waals surface area contributed by atoms with Crippen molar-refractivity contribution in [1.29, 1.82) is 0 Å². The molecule has 1 N–H and O–H groups in total. The first-order chi connectivity index (χ1) is 5.59. The molecule has 0 bridgehead atoms. The van der Waals surface area contributed by atoms with Crippen LogP contribution >= 0.6 is 0 Å². The molecule has 1 rings (SSSR count). The van der Waals surface area contributed by atoms with Gasteiger partial charge in [-0.1, -0.05) is 17.7 Å². The molecule has 0 aromatic carbocycles. The highest BCUT2D eigenvalue weighted by Gasteiger charge is 2.18. The first-order valence-corrected chi connectivity index (χ1v) is 3.82. The van der Waals surface area contributed by atoms with Crippen LogP contribution in [0.25, 0.3) is 0 Å². The van der Waals surface area contributed by atoms with Gasteiger partial charge in [-0.05, 0) is 13.8 Å². The maximum absolute atomic E-state index is 10.7. The van der Waals surface area contributed by atoms with Crippen LogP contribution in [0.5, 0.6) is 0 Å². The number of hydrogen-bond donors (Lipinski definition) is 1. The maximum atomic E-state index is 10.7. The molecule has 0 saturated heterocycles. The van der Waals surface area contributed by atoms with Crippen LogP contribution in [0.3, 0.4) is 0 Å². The van der Waals surface area contributed by atoms with Crippen molar-refractivity contribution in [2.24, 2.45) is 0 Å². The van der Waals surface area contributed by atoms with E-state index in [-0.39, 0.29) is 12.4 Å². The van der Waals surface area contributed by atoms with Gasteiger partial charge >= 0.3 is 5.97 Å². The Hall–Kier alpha value is -1.09. The molecule has 0 aromatic rings. The van der Waals surface area contributed by atoms with Gasteiger partial charge in [-0.2, -0.15) is 0 Å². The Kier molecular flexibility index (Phi) is 2.65. The minimum Gasteiger partial charge on any atom is -0.431 e. The monoisotopic (exact) mass is 168 g/mol. The van der Waals surface area contributed by atoms with Gasteiger partial charge in [-0.3, -0.25) is 4.79 Å². The molecule has 1 aliphatic rings. The number of ether oxygens (including phenoxy) is 1. The number of aliphatic hydroxyl groups excluding tert-OH is 1. The third kappa shape index (κ3) is 2.20. The van der Waals surface area contributed by atoms with Gasteiger partial charge in [0.25, 0.3) is 0 Å². The van der Waals surface area contributed by atoms with Crippen molar-refractivity contribution in [2.45, 2.75) is 26.6 Å². The lowest BCUT2D eigenvalue weighted by molar-refractivity contribution is -0.162. The molecule has 0 amide bonds. The zero-order valence-corrected chi connectivity index (χ0v) is 7.20. The number of hydrogen-bond acceptors (Lipinski definition) is 3. The third-order valence-corrected chi connectivity index (χ3v) is 1.49. The van der Waals surface area contributed by atoms with Gasteiger partial charge in [0.1, 0.15) is 0 Å². The minimum atomic E-state index is -1.08. The third-order valence-electron chi connectivity index (χ3n) is 1.49. The fourth-order valence-electron chi connectivity index (χ4n) is 1.01. The summed E-state index contributed by atoms with van der Waals surface area (Å²) in [6.45, 7) is 3.84. The summed E-state index contributed by atoms with van der Waals surface area (Å²) in [5, 5.41) is 9.23. The van der Waals surface area contributed by atoms with Crippen LogP contribution in [0, 0.1) is 0 Å². The van der Waals surface area contributed by atoms with Gasteiger partial charge in [-0.25, -0.2) is 0 Å². The van der Waals surface area contributed by atoms with Gasteiger partial charge < -0.3 is 9.84 Å². The fourth-order valence-corrected chi connectivity index (χ4v) is 1.01. The summed E-state index contributed by atoms with van der Waals surface area (Å²) < 4.78 is 4.60.